The Kier molecular flexibility index (Phi) is 3.44. The topological polar surface area (TPSA) is 49.8 Å². The average molecular weight is 295 g/mol. The lowest BCUT2D eigenvalue weighted by molar-refractivity contribution is 1.08. The number of nitrogens with one attached hydrogen (secondary N) is 2. The average Bonchev–Trinajstić information content (AvgIpc) is 3.18. The standard InChI is InChI=1S/C13H12Cl2N4/c14-8-1-4-10(15)11(5-8)19-13-6-12(16-7-17-13)18-9-2-3-9/h1,4-7,9H,2-3H2,(H2,16,17,18,19). The molecule has 0 atom stereocenters. The molecule has 1 aliphatic rings. The molecule has 0 amide bonds. The number of nitrogens with zero attached hydrogens (tertiary/aromatic N) is 2. The van der Waals surface area contributed by atoms with Gasteiger partial charge >= 0.3 is 0 Å². The number of anilines is 3. The first kappa shape index (κ1) is 12.5. The van der Waals surface area contributed by atoms with E-state index in [1.807, 2.05) is 6.07 Å². The minimum absolute atomic E-state index is 0.553. The van der Waals surface area contributed by atoms with Crippen molar-refractivity contribution in [3.05, 3.63) is 40.6 Å². The third kappa shape index (κ3) is 3.28. The molecule has 6 heteroatoms. The molecule has 0 unspecified atom stereocenters. The molecular weight excluding hydrogens is 283 g/mol. The summed E-state index contributed by atoms with van der Waals surface area (Å²) in [5.41, 5.74) is 0.727. The first-order chi connectivity index (χ1) is 9.20. The zero-order valence-corrected chi connectivity index (χ0v) is 11.5. The van der Waals surface area contributed by atoms with Crippen LogP contribution < -0.4 is 10.6 Å². The Morgan fingerprint density at radius 2 is 1.84 bits per heavy atom. The van der Waals surface area contributed by atoms with Gasteiger partial charge in [-0.3, -0.25) is 0 Å². The third-order valence-corrected chi connectivity index (χ3v) is 3.35. The van der Waals surface area contributed by atoms with Gasteiger partial charge in [0.05, 0.1) is 10.7 Å². The molecule has 19 heavy (non-hydrogen) atoms. The SMILES string of the molecule is Clc1ccc(Cl)c(Nc2cc(NC3CC3)ncn2)c1. The number of hydrogen-bond donors (Lipinski definition) is 2. The lowest BCUT2D eigenvalue weighted by Gasteiger charge is -2.09. The van der Waals surface area contributed by atoms with Crippen LogP contribution in [0.2, 0.25) is 10.0 Å². The van der Waals surface area contributed by atoms with E-state index in [2.05, 4.69) is 20.6 Å². The maximum absolute atomic E-state index is 6.10. The van der Waals surface area contributed by atoms with Crippen molar-refractivity contribution in [3.63, 3.8) is 0 Å². The van der Waals surface area contributed by atoms with E-state index in [0.29, 0.717) is 21.9 Å². The molecule has 4 nitrogen and oxygen atoms in total. The second-order valence-corrected chi connectivity index (χ2v) is 5.30. The predicted molar refractivity (Wildman–Crippen MR) is 78.4 cm³/mol. The Morgan fingerprint density at radius 1 is 1.05 bits per heavy atom. The van der Waals surface area contributed by atoms with E-state index in [1.165, 1.54) is 19.2 Å². The fourth-order valence-corrected chi connectivity index (χ4v) is 2.01. The maximum atomic E-state index is 6.10. The van der Waals surface area contributed by atoms with Gasteiger partial charge in [0, 0.05) is 17.1 Å². The highest BCUT2D eigenvalue weighted by Crippen LogP contribution is 2.29. The van der Waals surface area contributed by atoms with Crippen LogP contribution in [-0.4, -0.2) is 16.0 Å². The van der Waals surface area contributed by atoms with E-state index in [4.69, 9.17) is 23.2 Å². The molecule has 3 rings (SSSR count). The Morgan fingerprint density at radius 3 is 2.63 bits per heavy atom. The largest absolute Gasteiger partial charge is 0.367 e. The van der Waals surface area contributed by atoms with E-state index >= 15 is 0 Å². The van der Waals surface area contributed by atoms with Crippen LogP contribution in [0.5, 0.6) is 0 Å². The Bertz CT molecular complexity index is 599. The van der Waals surface area contributed by atoms with Gasteiger partial charge in [-0.15, -0.1) is 0 Å². The molecule has 1 aromatic heterocycles. The summed E-state index contributed by atoms with van der Waals surface area (Å²) in [6.45, 7) is 0. The third-order valence-electron chi connectivity index (χ3n) is 2.79. The van der Waals surface area contributed by atoms with Crippen LogP contribution >= 0.6 is 23.2 Å². The fourth-order valence-electron chi connectivity index (χ4n) is 1.67. The summed E-state index contributed by atoms with van der Waals surface area (Å²) < 4.78 is 0. The Labute approximate surface area is 121 Å². The molecule has 0 spiro atoms. The van der Waals surface area contributed by atoms with E-state index in [1.54, 1.807) is 18.2 Å². The van der Waals surface area contributed by atoms with Crippen LogP contribution in [-0.2, 0) is 0 Å². The molecule has 2 N–H and O–H groups in total. The van der Waals surface area contributed by atoms with E-state index in [-0.39, 0.29) is 0 Å². The van der Waals surface area contributed by atoms with Crippen molar-refractivity contribution in [2.75, 3.05) is 10.6 Å². The van der Waals surface area contributed by atoms with Crippen molar-refractivity contribution in [2.45, 2.75) is 18.9 Å². The van der Waals surface area contributed by atoms with Crippen molar-refractivity contribution in [2.24, 2.45) is 0 Å². The summed E-state index contributed by atoms with van der Waals surface area (Å²) in [6.07, 6.45) is 3.92. The van der Waals surface area contributed by atoms with Crippen LogP contribution in [0.1, 0.15) is 12.8 Å². The van der Waals surface area contributed by atoms with Crippen molar-refractivity contribution in [1.29, 1.82) is 0 Å². The normalized spacial score (nSPS) is 14.2. The van der Waals surface area contributed by atoms with Crippen molar-refractivity contribution in [1.82, 2.24) is 9.97 Å². The van der Waals surface area contributed by atoms with Gasteiger partial charge in [-0.25, -0.2) is 9.97 Å². The Balaban J connectivity index is 1.79. The zero-order chi connectivity index (χ0) is 13.2. The van der Waals surface area contributed by atoms with Gasteiger partial charge in [-0.05, 0) is 31.0 Å². The smallest absolute Gasteiger partial charge is 0.135 e. The predicted octanol–water partition coefficient (Wildman–Crippen LogP) is 4.10. The van der Waals surface area contributed by atoms with E-state index in [9.17, 15) is 0 Å². The summed E-state index contributed by atoms with van der Waals surface area (Å²) in [5, 5.41) is 7.68. The minimum Gasteiger partial charge on any atom is -0.367 e. The first-order valence-electron chi connectivity index (χ1n) is 6.01. The van der Waals surface area contributed by atoms with Crippen LogP contribution in [0, 0.1) is 0 Å². The van der Waals surface area contributed by atoms with Gasteiger partial charge in [-0.1, -0.05) is 23.2 Å². The molecule has 0 bridgehead atoms. The summed E-state index contributed by atoms with van der Waals surface area (Å²) in [4.78, 5) is 8.35. The number of aromatic nitrogens is 2. The minimum atomic E-state index is 0.553. The first-order valence-corrected chi connectivity index (χ1v) is 6.77. The number of hydrogen-bond acceptors (Lipinski definition) is 4. The molecule has 2 aromatic rings. The van der Waals surface area contributed by atoms with Crippen LogP contribution in [0.25, 0.3) is 0 Å². The Hall–Kier alpha value is -1.52. The fraction of sp³-hybridized carbons (Fsp3) is 0.231. The van der Waals surface area contributed by atoms with Gasteiger partial charge in [0.2, 0.25) is 0 Å². The molecule has 0 aliphatic heterocycles. The molecule has 1 heterocycles. The number of halogens is 2. The molecular formula is C13H12Cl2N4. The van der Waals surface area contributed by atoms with Gasteiger partial charge in [0.15, 0.2) is 0 Å². The number of rotatable bonds is 4. The quantitative estimate of drug-likeness (QED) is 0.891. The van der Waals surface area contributed by atoms with E-state index < -0.39 is 0 Å². The lowest BCUT2D eigenvalue weighted by Crippen LogP contribution is -2.04. The van der Waals surface area contributed by atoms with Gasteiger partial charge in [0.1, 0.15) is 18.0 Å². The zero-order valence-electron chi connectivity index (χ0n) is 10.0. The van der Waals surface area contributed by atoms with Gasteiger partial charge < -0.3 is 10.6 Å². The van der Waals surface area contributed by atoms with Crippen molar-refractivity contribution in [3.8, 4) is 0 Å². The molecule has 98 valence electrons. The highest BCUT2D eigenvalue weighted by Gasteiger charge is 2.21. The van der Waals surface area contributed by atoms with Gasteiger partial charge in [0.25, 0.3) is 0 Å². The summed E-state index contributed by atoms with van der Waals surface area (Å²) in [7, 11) is 0. The molecule has 1 aromatic carbocycles. The molecule has 1 saturated carbocycles. The summed E-state index contributed by atoms with van der Waals surface area (Å²) in [6, 6.07) is 7.67. The van der Waals surface area contributed by atoms with Gasteiger partial charge in [-0.2, -0.15) is 0 Å². The van der Waals surface area contributed by atoms with Crippen molar-refractivity contribution < 1.29 is 0 Å². The molecule has 1 fully saturated rings. The van der Waals surface area contributed by atoms with E-state index in [0.717, 1.165) is 11.5 Å². The summed E-state index contributed by atoms with van der Waals surface area (Å²) in [5.74, 6) is 1.50. The second-order valence-electron chi connectivity index (χ2n) is 4.46. The molecule has 0 radical (unpaired) electrons. The van der Waals surface area contributed by atoms with Crippen LogP contribution in [0.4, 0.5) is 17.3 Å². The van der Waals surface area contributed by atoms with Crippen LogP contribution in [0.3, 0.4) is 0 Å². The van der Waals surface area contributed by atoms with Crippen LogP contribution in [0.15, 0.2) is 30.6 Å². The highest BCUT2D eigenvalue weighted by atomic mass is 35.5. The summed E-state index contributed by atoms with van der Waals surface area (Å²) >= 11 is 12.0. The highest BCUT2D eigenvalue weighted by molar-refractivity contribution is 6.35. The second kappa shape index (κ2) is 5.23. The monoisotopic (exact) mass is 294 g/mol. The molecule has 1 aliphatic carbocycles. The number of benzene rings is 1. The molecule has 0 saturated heterocycles. The lowest BCUT2D eigenvalue weighted by atomic mass is 10.3. The van der Waals surface area contributed by atoms with Crippen molar-refractivity contribution >= 4 is 40.5 Å². The maximum Gasteiger partial charge on any atom is 0.135 e.